The molecule has 0 saturated heterocycles. The molecule has 0 saturated carbocycles. The fourth-order valence-corrected chi connectivity index (χ4v) is 4.11. The lowest BCUT2D eigenvalue weighted by atomic mass is 10.1. The van der Waals surface area contributed by atoms with Crippen LogP contribution in [0.25, 0.3) is 0 Å². The zero-order chi connectivity index (χ0) is 25.4. The SMILES string of the molecule is CCCCCCCCC=CCCCCCCCCCCCC(=O)N(C)CCOC(=O)c1ccco1. The van der Waals surface area contributed by atoms with Crippen molar-refractivity contribution in [1.82, 2.24) is 4.90 Å². The van der Waals surface area contributed by atoms with Crippen LogP contribution in [-0.4, -0.2) is 37.0 Å². The van der Waals surface area contributed by atoms with Crippen molar-refractivity contribution in [3.8, 4) is 0 Å². The van der Waals surface area contributed by atoms with E-state index in [-0.39, 0.29) is 18.3 Å². The maximum atomic E-state index is 12.2. The third-order valence-electron chi connectivity index (χ3n) is 6.46. The van der Waals surface area contributed by atoms with E-state index in [1.807, 2.05) is 0 Å². The monoisotopic (exact) mass is 489 g/mol. The van der Waals surface area contributed by atoms with E-state index in [1.165, 1.54) is 103 Å². The van der Waals surface area contributed by atoms with Gasteiger partial charge < -0.3 is 14.1 Å². The topological polar surface area (TPSA) is 59.8 Å². The van der Waals surface area contributed by atoms with Gasteiger partial charge in [0.25, 0.3) is 0 Å². The zero-order valence-electron chi connectivity index (χ0n) is 22.6. The highest BCUT2D eigenvalue weighted by molar-refractivity contribution is 5.86. The third-order valence-corrected chi connectivity index (χ3v) is 6.46. The lowest BCUT2D eigenvalue weighted by Crippen LogP contribution is -2.30. The van der Waals surface area contributed by atoms with Gasteiger partial charge in [-0.05, 0) is 44.2 Å². The number of carbonyl (C=O) groups excluding carboxylic acids is 2. The number of esters is 1. The van der Waals surface area contributed by atoms with Crippen LogP contribution in [0.15, 0.2) is 35.0 Å². The smallest absolute Gasteiger partial charge is 0.374 e. The predicted molar refractivity (Wildman–Crippen MR) is 145 cm³/mol. The van der Waals surface area contributed by atoms with Gasteiger partial charge in [-0.1, -0.05) is 96.1 Å². The van der Waals surface area contributed by atoms with Gasteiger partial charge in [-0.2, -0.15) is 0 Å². The first-order valence-electron chi connectivity index (χ1n) is 14.2. The van der Waals surface area contributed by atoms with Crippen LogP contribution in [0.5, 0.6) is 0 Å². The molecular weight excluding hydrogens is 438 g/mol. The average Bonchev–Trinajstić information content (AvgIpc) is 3.40. The summed E-state index contributed by atoms with van der Waals surface area (Å²) in [5.74, 6) is -0.197. The highest BCUT2D eigenvalue weighted by Crippen LogP contribution is 2.13. The Hall–Kier alpha value is -2.04. The van der Waals surface area contributed by atoms with E-state index in [0.29, 0.717) is 13.0 Å². The van der Waals surface area contributed by atoms with E-state index >= 15 is 0 Å². The van der Waals surface area contributed by atoms with Crippen LogP contribution < -0.4 is 0 Å². The average molecular weight is 490 g/mol. The van der Waals surface area contributed by atoms with Crippen molar-refractivity contribution in [3.05, 3.63) is 36.3 Å². The molecule has 0 spiro atoms. The van der Waals surface area contributed by atoms with E-state index in [2.05, 4.69) is 19.1 Å². The van der Waals surface area contributed by atoms with Gasteiger partial charge in [0.2, 0.25) is 11.7 Å². The van der Waals surface area contributed by atoms with Gasteiger partial charge in [0.05, 0.1) is 12.8 Å². The summed E-state index contributed by atoms with van der Waals surface area (Å²) in [4.78, 5) is 25.5. The van der Waals surface area contributed by atoms with Gasteiger partial charge in [0.15, 0.2) is 0 Å². The second kappa shape index (κ2) is 22.4. The van der Waals surface area contributed by atoms with E-state index < -0.39 is 5.97 Å². The highest BCUT2D eigenvalue weighted by Gasteiger charge is 2.12. The van der Waals surface area contributed by atoms with E-state index in [9.17, 15) is 9.59 Å². The summed E-state index contributed by atoms with van der Waals surface area (Å²) in [6, 6.07) is 3.21. The number of nitrogens with zero attached hydrogens (tertiary/aromatic N) is 1. The van der Waals surface area contributed by atoms with Crippen molar-refractivity contribution in [2.45, 2.75) is 122 Å². The lowest BCUT2D eigenvalue weighted by molar-refractivity contribution is -0.130. The number of carbonyl (C=O) groups is 2. The van der Waals surface area contributed by atoms with Gasteiger partial charge in [0, 0.05) is 13.5 Å². The number of rotatable bonds is 23. The summed E-state index contributed by atoms with van der Waals surface area (Å²) in [5.41, 5.74) is 0. The van der Waals surface area contributed by atoms with Gasteiger partial charge >= 0.3 is 5.97 Å². The largest absolute Gasteiger partial charge is 0.458 e. The molecule has 0 N–H and O–H groups in total. The van der Waals surface area contributed by atoms with Crippen molar-refractivity contribution in [2.24, 2.45) is 0 Å². The first-order valence-corrected chi connectivity index (χ1v) is 14.2. The normalized spacial score (nSPS) is 11.3. The number of hydrogen-bond donors (Lipinski definition) is 0. The van der Waals surface area contributed by atoms with Crippen LogP contribution in [0.2, 0.25) is 0 Å². The molecule has 0 atom stereocenters. The molecule has 1 aromatic heterocycles. The van der Waals surface area contributed by atoms with Crippen LogP contribution >= 0.6 is 0 Å². The van der Waals surface area contributed by atoms with Crippen molar-refractivity contribution in [2.75, 3.05) is 20.2 Å². The number of furan rings is 1. The Labute approximate surface area is 214 Å². The number of allylic oxidation sites excluding steroid dienone is 2. The Morgan fingerprint density at radius 2 is 1.37 bits per heavy atom. The fourth-order valence-electron chi connectivity index (χ4n) is 4.11. The van der Waals surface area contributed by atoms with Gasteiger partial charge in [-0.3, -0.25) is 4.79 Å². The standard InChI is InChI=1S/C30H51NO4/c1-3-4-5-6-7-8-9-10-11-12-13-14-15-16-17-18-19-20-21-24-29(32)31(2)25-27-35-30(33)28-23-22-26-34-28/h10-11,22-23,26H,3-9,12-21,24-25,27H2,1-2H3. The minimum absolute atomic E-state index is 0.111. The molecule has 5 nitrogen and oxygen atoms in total. The van der Waals surface area contributed by atoms with E-state index in [4.69, 9.17) is 9.15 Å². The maximum absolute atomic E-state index is 12.2. The zero-order valence-corrected chi connectivity index (χ0v) is 22.6. The molecule has 0 aliphatic heterocycles. The number of unbranched alkanes of at least 4 members (excludes halogenated alkanes) is 15. The van der Waals surface area contributed by atoms with Crippen molar-refractivity contribution in [3.63, 3.8) is 0 Å². The molecule has 1 aromatic rings. The van der Waals surface area contributed by atoms with Gasteiger partial charge in [-0.25, -0.2) is 4.79 Å². The first-order chi connectivity index (χ1) is 17.1. The minimum atomic E-state index is -0.494. The van der Waals surface area contributed by atoms with Crippen LogP contribution in [-0.2, 0) is 9.53 Å². The molecule has 0 unspecified atom stereocenters. The summed E-state index contributed by atoms with van der Waals surface area (Å²) >= 11 is 0. The van der Waals surface area contributed by atoms with Gasteiger partial charge in [0.1, 0.15) is 6.61 Å². The number of amides is 1. The number of likely N-dealkylation sites (N-methyl/N-ethyl adjacent to an activating group) is 1. The second-order valence-corrected chi connectivity index (χ2v) is 9.68. The summed E-state index contributed by atoms with van der Waals surface area (Å²) < 4.78 is 10.1. The molecule has 0 fully saturated rings. The highest BCUT2D eigenvalue weighted by atomic mass is 16.5. The fraction of sp³-hybridized carbons (Fsp3) is 0.733. The van der Waals surface area contributed by atoms with E-state index in [1.54, 1.807) is 24.1 Å². The minimum Gasteiger partial charge on any atom is -0.458 e. The lowest BCUT2D eigenvalue weighted by Gasteiger charge is -2.16. The van der Waals surface area contributed by atoms with Crippen LogP contribution in [0.1, 0.15) is 133 Å². The molecule has 1 amide bonds. The Morgan fingerprint density at radius 1 is 0.829 bits per heavy atom. The predicted octanol–water partition coefficient (Wildman–Crippen LogP) is 8.49. The summed E-state index contributed by atoms with van der Waals surface area (Å²) in [6.45, 7) is 2.85. The third kappa shape index (κ3) is 18.0. The Kier molecular flexibility index (Phi) is 19.9. The molecule has 200 valence electrons. The molecule has 1 rings (SSSR count). The van der Waals surface area contributed by atoms with Gasteiger partial charge in [-0.15, -0.1) is 0 Å². The number of hydrogen-bond acceptors (Lipinski definition) is 4. The molecule has 0 aromatic carbocycles. The van der Waals surface area contributed by atoms with Crippen LogP contribution in [0.4, 0.5) is 0 Å². The quantitative estimate of drug-likeness (QED) is 0.0878. The van der Waals surface area contributed by atoms with Crippen LogP contribution in [0.3, 0.4) is 0 Å². The summed E-state index contributed by atoms with van der Waals surface area (Å²) in [7, 11) is 1.76. The molecule has 0 bridgehead atoms. The second-order valence-electron chi connectivity index (χ2n) is 9.68. The van der Waals surface area contributed by atoms with Crippen molar-refractivity contribution in [1.29, 1.82) is 0 Å². The molecule has 35 heavy (non-hydrogen) atoms. The molecular formula is C30H51NO4. The molecule has 0 aliphatic rings. The molecule has 5 heteroatoms. The molecule has 0 aliphatic carbocycles. The van der Waals surface area contributed by atoms with Crippen molar-refractivity contribution >= 4 is 11.9 Å². The van der Waals surface area contributed by atoms with Crippen molar-refractivity contribution < 1.29 is 18.7 Å². The first kappa shape index (κ1) is 31.0. The summed E-state index contributed by atoms with van der Waals surface area (Å²) in [5, 5.41) is 0. The van der Waals surface area contributed by atoms with E-state index in [0.717, 1.165) is 12.8 Å². The molecule has 0 radical (unpaired) electrons. The molecule has 1 heterocycles. The Morgan fingerprint density at radius 3 is 1.91 bits per heavy atom. The number of ether oxygens (including phenoxy) is 1. The maximum Gasteiger partial charge on any atom is 0.374 e. The summed E-state index contributed by atoms with van der Waals surface area (Å²) in [6.07, 6.45) is 28.7. The van der Waals surface area contributed by atoms with Crippen LogP contribution in [0, 0.1) is 0 Å². The Balaban J connectivity index is 1.82. The Bertz CT molecular complexity index is 653.